The van der Waals surface area contributed by atoms with E-state index in [0.717, 1.165) is 33.9 Å². The molecule has 1 atom stereocenters. The number of nitrogens with zero attached hydrogens (tertiary/aromatic N) is 2. The fraction of sp³-hybridized carbons (Fsp3) is 0.190. The summed E-state index contributed by atoms with van der Waals surface area (Å²) in [6.07, 6.45) is 0.467. The number of aromatic carboxylic acids is 1. The van der Waals surface area contributed by atoms with Gasteiger partial charge in [-0.2, -0.15) is 5.10 Å². The second-order valence-electron chi connectivity index (χ2n) is 6.57. The first-order valence-electron chi connectivity index (χ1n) is 8.88. The number of benzene rings is 2. The topological polar surface area (TPSA) is 83.8 Å². The maximum atomic E-state index is 11.2. The number of hydrogen-bond donors (Lipinski definition) is 2. The van der Waals surface area contributed by atoms with Crippen molar-refractivity contribution < 1.29 is 14.6 Å². The van der Waals surface area contributed by atoms with Gasteiger partial charge in [-0.15, -0.1) is 0 Å². The Morgan fingerprint density at radius 1 is 1.21 bits per heavy atom. The molecule has 2 N–H and O–H groups in total. The molecule has 0 amide bonds. The van der Waals surface area contributed by atoms with E-state index in [1.54, 1.807) is 6.92 Å². The molecule has 4 rings (SSSR count). The number of thiazole rings is 1. The molecule has 0 aliphatic carbocycles. The highest BCUT2D eigenvalue weighted by atomic mass is 32.1. The molecule has 3 aromatic rings. The molecule has 1 aromatic heterocycles. The molecule has 1 aliphatic heterocycles. The third kappa shape index (κ3) is 3.48. The normalized spacial score (nSPS) is 17.1. The Morgan fingerprint density at radius 3 is 2.71 bits per heavy atom. The second-order valence-corrected chi connectivity index (χ2v) is 7.57. The maximum absolute atomic E-state index is 11.2. The minimum absolute atomic E-state index is 0.135. The first-order chi connectivity index (χ1) is 13.5. The first-order valence-corrected chi connectivity index (χ1v) is 9.69. The van der Waals surface area contributed by atoms with Gasteiger partial charge in [0.25, 0.3) is 0 Å². The van der Waals surface area contributed by atoms with E-state index in [-0.39, 0.29) is 11.0 Å². The molecule has 2 heterocycles. The van der Waals surface area contributed by atoms with Crippen molar-refractivity contribution in [3.8, 4) is 5.75 Å². The van der Waals surface area contributed by atoms with Gasteiger partial charge >= 0.3 is 5.97 Å². The summed E-state index contributed by atoms with van der Waals surface area (Å²) in [6, 6.07) is 16.0. The van der Waals surface area contributed by atoms with Crippen molar-refractivity contribution in [1.29, 1.82) is 0 Å². The van der Waals surface area contributed by atoms with Crippen LogP contribution in [0.5, 0.6) is 5.75 Å². The molecule has 1 unspecified atom stereocenters. The lowest BCUT2D eigenvalue weighted by atomic mass is 9.93. The van der Waals surface area contributed by atoms with Crippen molar-refractivity contribution in [2.45, 2.75) is 26.4 Å². The van der Waals surface area contributed by atoms with Crippen molar-refractivity contribution in [2.75, 3.05) is 5.43 Å². The lowest BCUT2D eigenvalue weighted by Gasteiger charge is -2.28. The van der Waals surface area contributed by atoms with Crippen LogP contribution < -0.4 is 10.2 Å². The number of nitrogens with one attached hydrogen (secondary N) is 1. The van der Waals surface area contributed by atoms with E-state index < -0.39 is 5.97 Å². The largest absolute Gasteiger partial charge is 0.485 e. The van der Waals surface area contributed by atoms with Crippen LogP contribution in [-0.4, -0.2) is 21.8 Å². The van der Waals surface area contributed by atoms with Crippen LogP contribution in [0, 0.1) is 13.8 Å². The van der Waals surface area contributed by atoms with Gasteiger partial charge in [-0.1, -0.05) is 47.7 Å². The van der Waals surface area contributed by atoms with Gasteiger partial charge in [-0.3, -0.25) is 5.43 Å². The number of anilines is 1. The first kappa shape index (κ1) is 18.2. The Balaban J connectivity index is 1.67. The molecule has 0 spiro atoms. The van der Waals surface area contributed by atoms with Crippen LogP contribution >= 0.6 is 11.3 Å². The number of fused-ring (bicyclic) bond motifs is 1. The number of aryl methyl sites for hydroxylation is 2. The third-order valence-electron chi connectivity index (χ3n) is 4.66. The quantitative estimate of drug-likeness (QED) is 0.622. The number of carboxylic acids is 1. The van der Waals surface area contributed by atoms with Crippen LogP contribution in [0.3, 0.4) is 0 Å². The van der Waals surface area contributed by atoms with E-state index >= 15 is 0 Å². The molecule has 1 aliphatic rings. The maximum Gasteiger partial charge on any atom is 0.347 e. The van der Waals surface area contributed by atoms with Crippen molar-refractivity contribution in [3.05, 3.63) is 75.8 Å². The Hall–Kier alpha value is -3.19. The monoisotopic (exact) mass is 393 g/mol. The number of hydrazone groups is 1. The van der Waals surface area contributed by atoms with Crippen LogP contribution in [-0.2, 0) is 0 Å². The summed E-state index contributed by atoms with van der Waals surface area (Å²) in [5.74, 6) is -0.198. The number of ether oxygens (including phenoxy) is 1. The molecular formula is C21H19N3O3S. The Bertz CT molecular complexity index is 1070. The molecule has 0 fully saturated rings. The average molecular weight is 393 g/mol. The summed E-state index contributed by atoms with van der Waals surface area (Å²) in [5.41, 5.74) is 7.48. The smallest absolute Gasteiger partial charge is 0.347 e. The molecular weight excluding hydrogens is 374 g/mol. The van der Waals surface area contributed by atoms with E-state index in [2.05, 4.69) is 34.6 Å². The fourth-order valence-electron chi connectivity index (χ4n) is 3.27. The van der Waals surface area contributed by atoms with Crippen molar-refractivity contribution in [2.24, 2.45) is 5.10 Å². The molecule has 7 heteroatoms. The average Bonchev–Trinajstić information content (AvgIpc) is 3.07. The molecule has 142 valence electrons. The summed E-state index contributed by atoms with van der Waals surface area (Å²) in [6.45, 7) is 3.75. The van der Waals surface area contributed by atoms with Gasteiger partial charge in [-0.25, -0.2) is 9.78 Å². The Labute approximate surface area is 166 Å². The van der Waals surface area contributed by atoms with E-state index in [4.69, 9.17) is 4.74 Å². The molecule has 2 aromatic carbocycles. The van der Waals surface area contributed by atoms with E-state index in [1.807, 2.05) is 36.4 Å². The van der Waals surface area contributed by atoms with Crippen molar-refractivity contribution in [3.63, 3.8) is 0 Å². The third-order valence-corrected chi connectivity index (χ3v) is 5.71. The molecule has 0 saturated carbocycles. The van der Waals surface area contributed by atoms with Gasteiger partial charge in [0.1, 0.15) is 16.7 Å². The molecule has 0 saturated heterocycles. The van der Waals surface area contributed by atoms with Crippen LogP contribution in [0.15, 0.2) is 53.6 Å². The number of hydrogen-bond acceptors (Lipinski definition) is 6. The van der Waals surface area contributed by atoms with Gasteiger partial charge < -0.3 is 9.84 Å². The zero-order chi connectivity index (χ0) is 19.7. The highest BCUT2D eigenvalue weighted by Gasteiger charge is 2.27. The predicted molar refractivity (Wildman–Crippen MR) is 110 cm³/mol. The molecule has 0 bridgehead atoms. The van der Waals surface area contributed by atoms with Crippen LogP contribution in [0.1, 0.15) is 44.6 Å². The summed E-state index contributed by atoms with van der Waals surface area (Å²) >= 11 is 1.08. The number of aromatic nitrogens is 1. The van der Waals surface area contributed by atoms with Gasteiger partial charge in [0.15, 0.2) is 0 Å². The van der Waals surface area contributed by atoms with E-state index in [9.17, 15) is 9.90 Å². The van der Waals surface area contributed by atoms with Crippen LogP contribution in [0.4, 0.5) is 5.13 Å². The molecule has 0 radical (unpaired) electrons. The van der Waals surface area contributed by atoms with Gasteiger partial charge in [-0.05, 0) is 37.1 Å². The number of carboxylic acid groups (broad SMARTS) is 1. The van der Waals surface area contributed by atoms with Gasteiger partial charge in [0.05, 0.1) is 11.4 Å². The number of para-hydroxylation sites is 1. The zero-order valence-corrected chi connectivity index (χ0v) is 16.3. The van der Waals surface area contributed by atoms with Crippen molar-refractivity contribution in [1.82, 2.24) is 4.98 Å². The second kappa shape index (κ2) is 7.44. The Morgan fingerprint density at radius 2 is 1.96 bits per heavy atom. The minimum atomic E-state index is -0.980. The van der Waals surface area contributed by atoms with Crippen molar-refractivity contribution >= 4 is 28.1 Å². The molecule has 6 nitrogen and oxygen atoms in total. The fourth-order valence-corrected chi connectivity index (χ4v) is 4.02. The van der Waals surface area contributed by atoms with E-state index in [0.29, 0.717) is 17.2 Å². The van der Waals surface area contributed by atoms with E-state index in [1.165, 1.54) is 5.56 Å². The zero-order valence-electron chi connectivity index (χ0n) is 15.5. The SMILES string of the molecule is Cc1ccccc1C1CC(=NNc2nc(C)c(C(=O)O)s2)c2ccccc2O1. The van der Waals surface area contributed by atoms with Crippen LogP contribution in [0.25, 0.3) is 0 Å². The summed E-state index contributed by atoms with van der Waals surface area (Å²) in [4.78, 5) is 15.7. The standard InChI is InChI=1S/C21H19N3O3S/c1-12-7-3-4-8-14(12)18-11-16(15-9-5-6-10-17(15)27-18)23-24-21-22-13(2)19(28-21)20(25)26/h3-10,18H,11H2,1-2H3,(H,22,24)(H,25,26). The summed E-state index contributed by atoms with van der Waals surface area (Å²) in [5, 5.41) is 14.2. The molecule has 28 heavy (non-hydrogen) atoms. The number of carbonyl (C=O) groups is 1. The van der Waals surface area contributed by atoms with Crippen LogP contribution in [0.2, 0.25) is 0 Å². The number of rotatable bonds is 4. The Kier molecular flexibility index (Phi) is 4.83. The highest BCUT2D eigenvalue weighted by molar-refractivity contribution is 7.17. The lowest BCUT2D eigenvalue weighted by Crippen LogP contribution is -2.22. The predicted octanol–water partition coefficient (Wildman–Crippen LogP) is 4.80. The summed E-state index contributed by atoms with van der Waals surface area (Å²) in [7, 11) is 0. The van der Waals surface area contributed by atoms with Gasteiger partial charge in [0, 0.05) is 12.0 Å². The lowest BCUT2D eigenvalue weighted by molar-refractivity contribution is 0.0701. The highest BCUT2D eigenvalue weighted by Crippen LogP contribution is 2.36. The minimum Gasteiger partial charge on any atom is -0.485 e. The summed E-state index contributed by atoms with van der Waals surface area (Å²) < 4.78 is 6.24. The van der Waals surface area contributed by atoms with Gasteiger partial charge in [0.2, 0.25) is 5.13 Å².